The molecule has 1 atom stereocenters. The normalized spacial score (nSPS) is 11.4. The summed E-state index contributed by atoms with van der Waals surface area (Å²) in [5.41, 5.74) is 2.96. The van der Waals surface area contributed by atoms with Crippen molar-refractivity contribution in [3.8, 4) is 11.8 Å². The minimum Gasteiger partial charge on any atom is -0.481 e. The molecular weight excluding hydrogens is 276 g/mol. The molecule has 0 bridgehead atoms. The monoisotopic (exact) mass is 294 g/mol. The Bertz CT molecular complexity index is 732. The molecule has 2 aromatic rings. The van der Waals surface area contributed by atoms with Crippen molar-refractivity contribution in [2.24, 2.45) is 0 Å². The van der Waals surface area contributed by atoms with E-state index in [1.54, 1.807) is 31.2 Å². The van der Waals surface area contributed by atoms with E-state index in [0.29, 0.717) is 17.0 Å². The van der Waals surface area contributed by atoms with E-state index in [2.05, 4.69) is 11.4 Å². The Labute approximate surface area is 130 Å². The van der Waals surface area contributed by atoms with Crippen molar-refractivity contribution < 1.29 is 9.53 Å². The molecule has 4 heteroatoms. The van der Waals surface area contributed by atoms with Gasteiger partial charge in [-0.3, -0.25) is 4.79 Å². The molecule has 4 nitrogen and oxygen atoms in total. The quantitative estimate of drug-likeness (QED) is 0.937. The number of nitriles is 1. The molecule has 1 N–H and O–H groups in total. The zero-order valence-electron chi connectivity index (χ0n) is 12.9. The fourth-order valence-corrected chi connectivity index (χ4v) is 2.00. The van der Waals surface area contributed by atoms with Gasteiger partial charge in [0.2, 0.25) is 0 Å². The summed E-state index contributed by atoms with van der Waals surface area (Å²) >= 11 is 0. The highest BCUT2D eigenvalue weighted by Crippen LogP contribution is 2.21. The van der Waals surface area contributed by atoms with Gasteiger partial charge in [-0.25, -0.2) is 0 Å². The van der Waals surface area contributed by atoms with Crippen LogP contribution in [-0.4, -0.2) is 12.0 Å². The number of carbonyl (C=O) groups is 1. The molecule has 0 aliphatic carbocycles. The van der Waals surface area contributed by atoms with E-state index in [4.69, 9.17) is 10.00 Å². The standard InChI is InChI=1S/C18H18N2O2/c1-12-8-9-13(2)17(10-12)22-14(3)18(21)20-16-7-5-4-6-15(16)11-19/h4-10,14H,1-3H3,(H,20,21)/t14-/m0/s1. The second kappa shape index (κ2) is 6.77. The summed E-state index contributed by atoms with van der Waals surface area (Å²) in [6.07, 6.45) is -0.660. The van der Waals surface area contributed by atoms with Crippen LogP contribution in [0.25, 0.3) is 0 Å². The predicted molar refractivity (Wildman–Crippen MR) is 85.8 cm³/mol. The molecule has 112 valence electrons. The highest BCUT2D eigenvalue weighted by atomic mass is 16.5. The molecule has 0 unspecified atom stereocenters. The number of ether oxygens (including phenoxy) is 1. The molecule has 0 aromatic heterocycles. The summed E-state index contributed by atoms with van der Waals surface area (Å²) in [7, 11) is 0. The number of hydrogen-bond acceptors (Lipinski definition) is 3. The number of para-hydroxylation sites is 1. The lowest BCUT2D eigenvalue weighted by atomic mass is 10.1. The van der Waals surface area contributed by atoms with Gasteiger partial charge in [-0.05, 0) is 50.1 Å². The van der Waals surface area contributed by atoms with Crippen molar-refractivity contribution >= 4 is 11.6 Å². The molecule has 0 saturated heterocycles. The third-order valence-corrected chi connectivity index (χ3v) is 3.32. The zero-order valence-corrected chi connectivity index (χ0v) is 12.9. The van der Waals surface area contributed by atoms with Crippen molar-refractivity contribution in [1.82, 2.24) is 0 Å². The third kappa shape index (κ3) is 3.64. The zero-order chi connectivity index (χ0) is 16.1. The van der Waals surface area contributed by atoms with Crippen LogP contribution in [0.1, 0.15) is 23.6 Å². The fraction of sp³-hybridized carbons (Fsp3) is 0.222. The van der Waals surface area contributed by atoms with Crippen LogP contribution in [0.4, 0.5) is 5.69 Å². The van der Waals surface area contributed by atoms with Crippen LogP contribution in [0.5, 0.6) is 5.75 Å². The number of anilines is 1. The molecule has 0 radical (unpaired) electrons. The molecule has 22 heavy (non-hydrogen) atoms. The lowest BCUT2D eigenvalue weighted by Crippen LogP contribution is -2.30. The first-order valence-electron chi connectivity index (χ1n) is 7.05. The Morgan fingerprint density at radius 2 is 1.95 bits per heavy atom. The van der Waals surface area contributed by atoms with Crippen molar-refractivity contribution in [2.45, 2.75) is 26.9 Å². The Kier molecular flexibility index (Phi) is 4.80. The van der Waals surface area contributed by atoms with Crippen LogP contribution in [0.3, 0.4) is 0 Å². The van der Waals surface area contributed by atoms with Crippen LogP contribution < -0.4 is 10.1 Å². The number of nitrogens with zero attached hydrogens (tertiary/aromatic N) is 1. The molecule has 0 heterocycles. The minimum absolute atomic E-state index is 0.288. The summed E-state index contributed by atoms with van der Waals surface area (Å²) in [4.78, 5) is 12.2. The van der Waals surface area contributed by atoms with Crippen LogP contribution >= 0.6 is 0 Å². The number of aryl methyl sites for hydroxylation is 2. The van der Waals surface area contributed by atoms with Gasteiger partial charge in [0.25, 0.3) is 5.91 Å². The second-order valence-electron chi connectivity index (χ2n) is 5.18. The largest absolute Gasteiger partial charge is 0.481 e. The molecular formula is C18H18N2O2. The predicted octanol–water partition coefficient (Wildman–Crippen LogP) is 3.58. The van der Waals surface area contributed by atoms with Crippen LogP contribution in [0, 0.1) is 25.2 Å². The first-order chi connectivity index (χ1) is 10.5. The molecule has 0 saturated carbocycles. The van der Waals surface area contributed by atoms with Gasteiger partial charge in [-0.15, -0.1) is 0 Å². The molecule has 0 spiro atoms. The van der Waals surface area contributed by atoms with Crippen molar-refractivity contribution in [1.29, 1.82) is 5.26 Å². The van der Waals surface area contributed by atoms with E-state index in [9.17, 15) is 4.79 Å². The van der Waals surface area contributed by atoms with Gasteiger partial charge < -0.3 is 10.1 Å². The van der Waals surface area contributed by atoms with Crippen LogP contribution in [-0.2, 0) is 4.79 Å². The lowest BCUT2D eigenvalue weighted by molar-refractivity contribution is -0.122. The summed E-state index contributed by atoms with van der Waals surface area (Å²) in [6.45, 7) is 5.59. The van der Waals surface area contributed by atoms with Gasteiger partial charge >= 0.3 is 0 Å². The van der Waals surface area contributed by atoms with Gasteiger partial charge in [-0.2, -0.15) is 5.26 Å². The molecule has 0 aliphatic rings. The van der Waals surface area contributed by atoms with E-state index in [1.807, 2.05) is 32.0 Å². The van der Waals surface area contributed by atoms with Gasteiger partial charge in [0.05, 0.1) is 11.3 Å². The van der Waals surface area contributed by atoms with E-state index in [1.165, 1.54) is 0 Å². The first-order valence-corrected chi connectivity index (χ1v) is 7.05. The molecule has 0 aliphatic heterocycles. The van der Waals surface area contributed by atoms with Crippen LogP contribution in [0.15, 0.2) is 42.5 Å². The van der Waals surface area contributed by atoms with Gasteiger partial charge in [0, 0.05) is 0 Å². The lowest BCUT2D eigenvalue weighted by Gasteiger charge is -2.17. The number of benzene rings is 2. The summed E-state index contributed by atoms with van der Waals surface area (Å²) < 4.78 is 5.74. The number of amides is 1. The van der Waals surface area contributed by atoms with Crippen molar-refractivity contribution in [3.05, 3.63) is 59.2 Å². The number of rotatable bonds is 4. The Balaban J connectivity index is 2.10. The average molecular weight is 294 g/mol. The van der Waals surface area contributed by atoms with Crippen molar-refractivity contribution in [3.63, 3.8) is 0 Å². The Morgan fingerprint density at radius 3 is 2.68 bits per heavy atom. The van der Waals surface area contributed by atoms with Crippen molar-refractivity contribution in [2.75, 3.05) is 5.32 Å². The topological polar surface area (TPSA) is 62.1 Å². The van der Waals surface area contributed by atoms with E-state index in [-0.39, 0.29) is 5.91 Å². The van der Waals surface area contributed by atoms with Gasteiger partial charge in [-0.1, -0.05) is 24.3 Å². The van der Waals surface area contributed by atoms with Gasteiger partial charge in [0.15, 0.2) is 6.10 Å². The minimum atomic E-state index is -0.660. The van der Waals surface area contributed by atoms with E-state index in [0.717, 1.165) is 11.1 Å². The molecule has 1 amide bonds. The van der Waals surface area contributed by atoms with E-state index >= 15 is 0 Å². The maximum absolute atomic E-state index is 12.2. The second-order valence-corrected chi connectivity index (χ2v) is 5.18. The highest BCUT2D eigenvalue weighted by Gasteiger charge is 2.17. The fourth-order valence-electron chi connectivity index (χ4n) is 2.00. The first kappa shape index (κ1) is 15.6. The third-order valence-electron chi connectivity index (χ3n) is 3.32. The van der Waals surface area contributed by atoms with Gasteiger partial charge in [0.1, 0.15) is 11.8 Å². The number of nitrogens with one attached hydrogen (secondary N) is 1. The van der Waals surface area contributed by atoms with E-state index < -0.39 is 6.10 Å². The average Bonchev–Trinajstić information content (AvgIpc) is 2.51. The SMILES string of the molecule is Cc1ccc(C)c(O[C@@H](C)C(=O)Nc2ccccc2C#N)c1. The van der Waals surface area contributed by atoms with Crippen LogP contribution in [0.2, 0.25) is 0 Å². The maximum atomic E-state index is 12.2. The molecule has 2 rings (SSSR count). The highest BCUT2D eigenvalue weighted by molar-refractivity contribution is 5.95. The Morgan fingerprint density at radius 1 is 1.23 bits per heavy atom. The summed E-state index contributed by atoms with van der Waals surface area (Å²) in [5, 5.41) is 11.8. The summed E-state index contributed by atoms with van der Waals surface area (Å²) in [6, 6.07) is 14.8. The number of carbonyl (C=O) groups excluding carboxylic acids is 1. The Hall–Kier alpha value is -2.80. The molecule has 0 fully saturated rings. The summed E-state index contributed by atoms with van der Waals surface area (Å²) in [5.74, 6) is 0.403. The maximum Gasteiger partial charge on any atom is 0.265 e. The smallest absolute Gasteiger partial charge is 0.265 e. The number of hydrogen-bond donors (Lipinski definition) is 1. The molecule has 2 aromatic carbocycles.